The smallest absolute Gasteiger partial charge is 0.251 e. The molecular weight excluding hydrogens is 364 g/mol. The zero-order chi connectivity index (χ0) is 21.3. The largest absolute Gasteiger partial charge is 0.495 e. The highest BCUT2D eigenvalue weighted by atomic mass is 32.2. The molecule has 154 valence electrons. The Hall–Kier alpha value is -1.60. The number of nitrogens with one attached hydrogen (secondary N) is 2. The van der Waals surface area contributed by atoms with Crippen LogP contribution in [-0.2, 0) is 10.0 Å². The molecule has 2 N–H and O–H groups in total. The third-order valence-corrected chi connectivity index (χ3v) is 5.36. The van der Waals surface area contributed by atoms with Crippen LogP contribution in [0.2, 0.25) is 0 Å². The van der Waals surface area contributed by atoms with Gasteiger partial charge in [0.25, 0.3) is 5.91 Å². The van der Waals surface area contributed by atoms with Gasteiger partial charge in [-0.25, -0.2) is 13.1 Å². The van der Waals surface area contributed by atoms with Gasteiger partial charge >= 0.3 is 0 Å². The number of benzene rings is 1. The highest BCUT2D eigenvalue weighted by molar-refractivity contribution is 7.89. The summed E-state index contributed by atoms with van der Waals surface area (Å²) in [5.41, 5.74) is -0.775. The van der Waals surface area contributed by atoms with Gasteiger partial charge in [-0.3, -0.25) is 4.79 Å². The molecule has 1 aromatic rings. The van der Waals surface area contributed by atoms with E-state index in [0.29, 0.717) is 0 Å². The molecule has 0 aliphatic carbocycles. The van der Waals surface area contributed by atoms with E-state index < -0.39 is 21.1 Å². The summed E-state index contributed by atoms with van der Waals surface area (Å²) in [6.45, 7) is 15.5. The van der Waals surface area contributed by atoms with Gasteiger partial charge in [0, 0.05) is 16.6 Å². The number of rotatable bonds is 6. The normalized spacial score (nSPS) is 13.4. The summed E-state index contributed by atoms with van der Waals surface area (Å²) in [7, 11) is -2.44. The van der Waals surface area contributed by atoms with Crippen LogP contribution in [0.3, 0.4) is 0 Å². The summed E-state index contributed by atoms with van der Waals surface area (Å²) in [4.78, 5) is 12.7. The lowest BCUT2D eigenvalue weighted by Gasteiger charge is -2.33. The molecule has 0 atom stereocenters. The zero-order valence-corrected chi connectivity index (χ0v) is 18.8. The third kappa shape index (κ3) is 7.50. The van der Waals surface area contributed by atoms with E-state index in [2.05, 4.69) is 30.8 Å². The summed E-state index contributed by atoms with van der Waals surface area (Å²) in [5, 5.41) is 3.00. The molecule has 0 heterocycles. The molecular formula is C20H34N2O4S. The van der Waals surface area contributed by atoms with Crippen LogP contribution in [0.25, 0.3) is 0 Å². The lowest BCUT2D eigenvalue weighted by molar-refractivity contribution is 0.0891. The average molecular weight is 399 g/mol. The van der Waals surface area contributed by atoms with E-state index in [1.807, 2.05) is 13.8 Å². The first kappa shape index (κ1) is 23.4. The molecule has 1 rings (SSSR count). The van der Waals surface area contributed by atoms with Gasteiger partial charge < -0.3 is 10.1 Å². The lowest BCUT2D eigenvalue weighted by Crippen LogP contribution is -2.46. The molecule has 0 radical (unpaired) electrons. The van der Waals surface area contributed by atoms with E-state index in [0.717, 1.165) is 6.42 Å². The Bertz CT molecular complexity index is 785. The van der Waals surface area contributed by atoms with Crippen molar-refractivity contribution in [3.8, 4) is 5.75 Å². The van der Waals surface area contributed by atoms with Crippen molar-refractivity contribution in [2.75, 3.05) is 7.11 Å². The number of carbonyl (C=O) groups is 1. The second kappa shape index (κ2) is 7.80. The monoisotopic (exact) mass is 398 g/mol. The van der Waals surface area contributed by atoms with Crippen LogP contribution >= 0.6 is 0 Å². The number of hydrogen-bond acceptors (Lipinski definition) is 4. The Kier molecular flexibility index (Phi) is 6.77. The molecule has 0 aliphatic rings. The van der Waals surface area contributed by atoms with Crippen molar-refractivity contribution in [3.63, 3.8) is 0 Å². The van der Waals surface area contributed by atoms with E-state index in [-0.39, 0.29) is 27.5 Å². The first-order chi connectivity index (χ1) is 12.0. The Balaban J connectivity index is 3.23. The van der Waals surface area contributed by atoms with Gasteiger partial charge in [-0.05, 0) is 64.7 Å². The van der Waals surface area contributed by atoms with Gasteiger partial charge in [0.05, 0.1) is 7.11 Å². The molecule has 0 aliphatic heterocycles. The highest BCUT2D eigenvalue weighted by Gasteiger charge is 2.29. The van der Waals surface area contributed by atoms with Crippen LogP contribution in [-0.4, -0.2) is 32.5 Å². The summed E-state index contributed by atoms with van der Waals surface area (Å²) < 4.78 is 33.3. The predicted molar refractivity (Wildman–Crippen MR) is 109 cm³/mol. The van der Waals surface area contributed by atoms with Crippen molar-refractivity contribution in [1.82, 2.24) is 10.0 Å². The summed E-state index contributed by atoms with van der Waals surface area (Å²) in [6.07, 6.45) is 0.776. The third-order valence-electron chi connectivity index (χ3n) is 3.58. The number of amides is 1. The maximum absolute atomic E-state index is 12.8. The predicted octanol–water partition coefficient (Wildman–Crippen LogP) is 3.72. The van der Waals surface area contributed by atoms with Crippen LogP contribution in [0.4, 0.5) is 0 Å². The minimum atomic E-state index is -3.84. The summed E-state index contributed by atoms with van der Waals surface area (Å²) >= 11 is 0. The molecule has 0 unspecified atom stereocenters. The van der Waals surface area contributed by atoms with Gasteiger partial charge in [0.15, 0.2) is 0 Å². The van der Waals surface area contributed by atoms with E-state index >= 15 is 0 Å². The van der Waals surface area contributed by atoms with E-state index in [1.165, 1.54) is 19.2 Å². The molecule has 0 bridgehead atoms. The zero-order valence-electron chi connectivity index (χ0n) is 18.0. The van der Waals surface area contributed by atoms with Gasteiger partial charge in [-0.15, -0.1) is 0 Å². The molecule has 1 amide bonds. The van der Waals surface area contributed by atoms with Gasteiger partial charge in [-0.2, -0.15) is 0 Å². The Morgan fingerprint density at radius 3 is 2.04 bits per heavy atom. The van der Waals surface area contributed by atoms with Crippen LogP contribution in [0.1, 0.15) is 72.2 Å². The van der Waals surface area contributed by atoms with E-state index in [4.69, 9.17) is 4.74 Å². The fourth-order valence-corrected chi connectivity index (χ4v) is 4.85. The number of sulfonamides is 1. The highest BCUT2D eigenvalue weighted by Crippen LogP contribution is 2.29. The molecule has 0 spiro atoms. The molecule has 27 heavy (non-hydrogen) atoms. The SMILES string of the molecule is COc1ccc(C(=O)NC(C)(C)CC(C)(C)C)cc1S(=O)(=O)NC(C)(C)C. The van der Waals surface area contributed by atoms with Gasteiger partial charge in [-0.1, -0.05) is 20.8 Å². The summed E-state index contributed by atoms with van der Waals surface area (Å²) in [5.74, 6) is -0.128. The number of methoxy groups -OCH3 is 1. The van der Waals surface area contributed by atoms with E-state index in [1.54, 1.807) is 26.8 Å². The van der Waals surface area contributed by atoms with Crippen molar-refractivity contribution in [2.45, 2.75) is 77.8 Å². The number of hydrogen-bond donors (Lipinski definition) is 2. The topological polar surface area (TPSA) is 84.5 Å². The first-order valence-electron chi connectivity index (χ1n) is 9.00. The quantitative estimate of drug-likeness (QED) is 0.765. The van der Waals surface area contributed by atoms with Crippen LogP contribution in [0, 0.1) is 5.41 Å². The van der Waals surface area contributed by atoms with Crippen molar-refractivity contribution < 1.29 is 17.9 Å². The van der Waals surface area contributed by atoms with Crippen LogP contribution < -0.4 is 14.8 Å². The second-order valence-corrected chi connectivity index (χ2v) is 11.4. The number of carbonyl (C=O) groups excluding carboxylic acids is 1. The fourth-order valence-electron chi connectivity index (χ4n) is 3.24. The Morgan fingerprint density at radius 2 is 1.59 bits per heavy atom. The molecule has 0 saturated heterocycles. The lowest BCUT2D eigenvalue weighted by atomic mass is 9.81. The minimum Gasteiger partial charge on any atom is -0.495 e. The fraction of sp³-hybridized carbons (Fsp3) is 0.650. The maximum Gasteiger partial charge on any atom is 0.251 e. The van der Waals surface area contributed by atoms with Crippen molar-refractivity contribution in [1.29, 1.82) is 0 Å². The first-order valence-corrected chi connectivity index (χ1v) is 10.5. The Labute approximate surface area is 164 Å². The van der Waals surface area contributed by atoms with E-state index in [9.17, 15) is 13.2 Å². The average Bonchev–Trinajstić information content (AvgIpc) is 2.40. The second-order valence-electron chi connectivity index (χ2n) is 9.80. The molecule has 1 aromatic carbocycles. The molecule has 7 heteroatoms. The standard InChI is InChI=1S/C20H34N2O4S/c1-18(2,3)13-20(7,8)21-17(23)14-10-11-15(26-9)16(12-14)27(24,25)22-19(4,5)6/h10-12,22H,13H2,1-9H3,(H,21,23). The minimum absolute atomic E-state index is 0.0435. The summed E-state index contributed by atoms with van der Waals surface area (Å²) in [6, 6.07) is 4.43. The van der Waals surface area contributed by atoms with Crippen molar-refractivity contribution in [3.05, 3.63) is 23.8 Å². The van der Waals surface area contributed by atoms with Crippen molar-refractivity contribution >= 4 is 15.9 Å². The van der Waals surface area contributed by atoms with Crippen molar-refractivity contribution in [2.24, 2.45) is 5.41 Å². The molecule has 0 aromatic heterocycles. The molecule has 0 saturated carbocycles. The van der Waals surface area contributed by atoms with Crippen LogP contribution in [0.15, 0.2) is 23.1 Å². The van der Waals surface area contributed by atoms with Crippen LogP contribution in [0.5, 0.6) is 5.75 Å². The van der Waals surface area contributed by atoms with Gasteiger partial charge in [0.2, 0.25) is 10.0 Å². The Morgan fingerprint density at radius 1 is 1.04 bits per heavy atom. The molecule has 6 nitrogen and oxygen atoms in total. The maximum atomic E-state index is 12.8. The van der Waals surface area contributed by atoms with Gasteiger partial charge in [0.1, 0.15) is 10.6 Å². The number of ether oxygens (including phenoxy) is 1. The molecule has 0 fully saturated rings.